The largest absolute Gasteiger partial charge is 0.488 e. The van der Waals surface area contributed by atoms with E-state index >= 15 is 8.78 Å². The summed E-state index contributed by atoms with van der Waals surface area (Å²) >= 11 is 0. The Balaban J connectivity index is 1.31. The number of carbonyl (C=O) groups is 1. The van der Waals surface area contributed by atoms with Crippen molar-refractivity contribution in [2.24, 2.45) is 0 Å². The van der Waals surface area contributed by atoms with Crippen LogP contribution in [-0.2, 0) is 4.79 Å². The maximum Gasteiger partial charge on any atom is 0.191 e. The molecule has 1 fully saturated rings. The van der Waals surface area contributed by atoms with Crippen LogP contribution in [0, 0.1) is 17.5 Å². The van der Waals surface area contributed by atoms with E-state index in [0.29, 0.717) is 31.1 Å². The quantitative estimate of drug-likeness (QED) is 0.318. The van der Waals surface area contributed by atoms with E-state index in [0.717, 1.165) is 16.5 Å². The standard InChI is InChI=1S/C29H25F3N4O3/c1-17(37)3-2-10-35-14-21(15-35)39-29-23(31)11-20(12-24(29)32)36-26-9-8-25-22(13-33-34-25)28(26)38-16-27(36)18-4-6-19(30)7-5-18/h2-9,11-13,21,27H,10,14-16H2,1H3,(H,33,34)/b3-2+/t27-/m0/s1. The summed E-state index contributed by atoms with van der Waals surface area (Å²) < 4.78 is 56.2. The number of nitrogens with zero attached hydrogens (tertiary/aromatic N) is 3. The van der Waals surface area contributed by atoms with Crippen LogP contribution in [-0.4, -0.2) is 53.2 Å². The lowest BCUT2D eigenvalue weighted by Crippen LogP contribution is -2.53. The monoisotopic (exact) mass is 534 g/mol. The van der Waals surface area contributed by atoms with Gasteiger partial charge in [0.15, 0.2) is 28.9 Å². The molecule has 0 radical (unpaired) electrons. The number of hydrogen-bond donors (Lipinski definition) is 1. The predicted octanol–water partition coefficient (Wildman–Crippen LogP) is 5.46. The zero-order valence-corrected chi connectivity index (χ0v) is 21.0. The number of nitrogens with one attached hydrogen (secondary N) is 1. The topological polar surface area (TPSA) is 70.7 Å². The molecule has 3 heterocycles. The lowest BCUT2D eigenvalue weighted by Gasteiger charge is -2.40. The zero-order valence-electron chi connectivity index (χ0n) is 21.0. The average Bonchev–Trinajstić information content (AvgIpc) is 3.37. The number of fused-ring (bicyclic) bond motifs is 3. The van der Waals surface area contributed by atoms with Crippen LogP contribution in [0.25, 0.3) is 10.9 Å². The second-order valence-corrected chi connectivity index (χ2v) is 9.70. The summed E-state index contributed by atoms with van der Waals surface area (Å²) in [6.07, 6.45) is 4.52. The first-order chi connectivity index (χ1) is 18.9. The fourth-order valence-corrected chi connectivity index (χ4v) is 5.05. The lowest BCUT2D eigenvalue weighted by molar-refractivity contribution is -0.112. The number of ketones is 1. The van der Waals surface area contributed by atoms with Gasteiger partial charge in [-0.15, -0.1) is 0 Å². The molecule has 0 spiro atoms. The van der Waals surface area contributed by atoms with E-state index in [4.69, 9.17) is 9.47 Å². The highest BCUT2D eigenvalue weighted by Crippen LogP contribution is 2.48. The molecule has 10 heteroatoms. The second kappa shape index (κ2) is 10.1. The summed E-state index contributed by atoms with van der Waals surface area (Å²) in [5.41, 5.74) is 2.36. The highest BCUT2D eigenvalue weighted by atomic mass is 19.1. The van der Waals surface area contributed by atoms with Crippen molar-refractivity contribution < 1.29 is 27.4 Å². The summed E-state index contributed by atoms with van der Waals surface area (Å²) in [5.74, 6) is -1.96. The third kappa shape index (κ3) is 4.83. The minimum Gasteiger partial charge on any atom is -0.488 e. The molecule has 3 aromatic carbocycles. The number of halogens is 3. The SMILES string of the molecule is CC(=O)/C=C/CN1CC(Oc2c(F)cc(N3c4ccc5[nH]ncc5c4OC[C@H]3c3ccc(F)cc3)cc2F)C1. The third-order valence-electron chi connectivity index (χ3n) is 6.95. The number of hydrogen-bond acceptors (Lipinski definition) is 6. The van der Waals surface area contributed by atoms with Crippen LogP contribution in [0.5, 0.6) is 11.5 Å². The number of allylic oxidation sites excluding steroid dienone is 1. The Morgan fingerprint density at radius 3 is 2.59 bits per heavy atom. The third-order valence-corrected chi connectivity index (χ3v) is 6.95. The van der Waals surface area contributed by atoms with Gasteiger partial charge in [-0.1, -0.05) is 18.2 Å². The molecule has 0 unspecified atom stereocenters. The minimum absolute atomic E-state index is 0.0358. The number of carbonyl (C=O) groups excluding carboxylic acids is 1. The molecule has 1 aromatic heterocycles. The van der Waals surface area contributed by atoms with Crippen molar-refractivity contribution in [1.29, 1.82) is 0 Å². The molecule has 2 aliphatic rings. The van der Waals surface area contributed by atoms with Crippen LogP contribution in [0.4, 0.5) is 24.5 Å². The second-order valence-electron chi connectivity index (χ2n) is 9.70. The van der Waals surface area contributed by atoms with Gasteiger partial charge in [0.1, 0.15) is 18.5 Å². The zero-order chi connectivity index (χ0) is 27.1. The van der Waals surface area contributed by atoms with Crippen LogP contribution >= 0.6 is 0 Å². The van der Waals surface area contributed by atoms with Crippen molar-refractivity contribution in [1.82, 2.24) is 15.1 Å². The summed E-state index contributed by atoms with van der Waals surface area (Å²) in [5, 5.41) is 7.72. The minimum atomic E-state index is -0.824. The highest BCUT2D eigenvalue weighted by Gasteiger charge is 2.34. The van der Waals surface area contributed by atoms with Gasteiger partial charge in [0.05, 0.1) is 28.8 Å². The van der Waals surface area contributed by atoms with E-state index in [1.54, 1.807) is 35.4 Å². The van der Waals surface area contributed by atoms with Crippen molar-refractivity contribution in [2.75, 3.05) is 31.1 Å². The number of anilines is 2. The first-order valence-electron chi connectivity index (χ1n) is 12.6. The fourth-order valence-electron chi connectivity index (χ4n) is 5.05. The maximum absolute atomic E-state index is 15.4. The molecule has 39 heavy (non-hydrogen) atoms. The van der Waals surface area contributed by atoms with Gasteiger partial charge in [0.25, 0.3) is 0 Å². The van der Waals surface area contributed by atoms with Crippen molar-refractivity contribution in [3.05, 3.63) is 89.9 Å². The number of ether oxygens (including phenoxy) is 2. The van der Waals surface area contributed by atoms with Gasteiger partial charge in [-0.25, -0.2) is 13.2 Å². The normalized spacial score (nSPS) is 17.7. The predicted molar refractivity (Wildman–Crippen MR) is 140 cm³/mol. The van der Waals surface area contributed by atoms with Crippen molar-refractivity contribution in [3.8, 4) is 11.5 Å². The van der Waals surface area contributed by atoms with Gasteiger partial charge >= 0.3 is 0 Å². The first kappa shape index (κ1) is 25.0. The number of aromatic nitrogens is 2. The van der Waals surface area contributed by atoms with Crippen LogP contribution in [0.3, 0.4) is 0 Å². The molecule has 6 rings (SSSR count). The molecule has 2 aliphatic heterocycles. The first-order valence-corrected chi connectivity index (χ1v) is 12.6. The number of likely N-dealkylation sites (tertiary alicyclic amines) is 1. The van der Waals surface area contributed by atoms with Crippen LogP contribution in [0.15, 0.2) is 66.9 Å². The molecule has 7 nitrogen and oxygen atoms in total. The molecule has 1 atom stereocenters. The Morgan fingerprint density at radius 1 is 1.13 bits per heavy atom. The summed E-state index contributed by atoms with van der Waals surface area (Å²) in [6, 6.07) is 11.6. The molecule has 0 saturated carbocycles. The fraction of sp³-hybridized carbons (Fsp3) is 0.241. The maximum atomic E-state index is 15.4. The average molecular weight is 535 g/mol. The van der Waals surface area contributed by atoms with E-state index in [1.165, 1.54) is 37.3 Å². The van der Waals surface area contributed by atoms with Gasteiger partial charge in [0.2, 0.25) is 0 Å². The van der Waals surface area contributed by atoms with E-state index < -0.39 is 23.4 Å². The van der Waals surface area contributed by atoms with Gasteiger partial charge in [0, 0.05) is 37.5 Å². The Kier molecular flexibility index (Phi) is 6.48. The summed E-state index contributed by atoms with van der Waals surface area (Å²) in [6.45, 7) is 3.19. The van der Waals surface area contributed by atoms with Crippen molar-refractivity contribution in [2.45, 2.75) is 19.1 Å². The molecule has 200 valence electrons. The number of rotatable bonds is 7. The van der Waals surface area contributed by atoms with E-state index in [1.807, 2.05) is 11.0 Å². The highest BCUT2D eigenvalue weighted by molar-refractivity contribution is 5.93. The van der Waals surface area contributed by atoms with Gasteiger partial charge in [-0.05, 0) is 42.8 Å². The number of H-pyrrole nitrogens is 1. The molecule has 4 aromatic rings. The molecule has 1 N–H and O–H groups in total. The van der Waals surface area contributed by atoms with Gasteiger partial charge in [-0.3, -0.25) is 14.8 Å². The molecular weight excluding hydrogens is 509 g/mol. The lowest BCUT2D eigenvalue weighted by atomic mass is 10.0. The van der Waals surface area contributed by atoms with E-state index in [2.05, 4.69) is 10.2 Å². The van der Waals surface area contributed by atoms with Crippen LogP contribution in [0.1, 0.15) is 18.5 Å². The van der Waals surface area contributed by atoms with Gasteiger partial charge in [-0.2, -0.15) is 5.10 Å². The number of aromatic amines is 1. The Hall–Kier alpha value is -4.31. The summed E-state index contributed by atoms with van der Waals surface area (Å²) in [4.78, 5) is 14.8. The van der Waals surface area contributed by atoms with Crippen molar-refractivity contribution >= 4 is 28.1 Å². The molecular formula is C29H25F3N4O3. The Labute approximate surface area is 222 Å². The molecule has 1 saturated heterocycles. The number of benzene rings is 3. The van der Waals surface area contributed by atoms with Crippen LogP contribution < -0.4 is 14.4 Å². The Bertz CT molecular complexity index is 1540. The summed E-state index contributed by atoms with van der Waals surface area (Å²) in [7, 11) is 0. The van der Waals surface area contributed by atoms with Crippen molar-refractivity contribution in [3.63, 3.8) is 0 Å². The molecule has 0 aliphatic carbocycles. The van der Waals surface area contributed by atoms with E-state index in [9.17, 15) is 9.18 Å². The molecule has 0 amide bonds. The Morgan fingerprint density at radius 2 is 1.87 bits per heavy atom. The smallest absolute Gasteiger partial charge is 0.191 e. The van der Waals surface area contributed by atoms with Crippen LogP contribution in [0.2, 0.25) is 0 Å². The van der Waals surface area contributed by atoms with E-state index in [-0.39, 0.29) is 30.0 Å². The molecule has 0 bridgehead atoms. The van der Waals surface area contributed by atoms with Gasteiger partial charge < -0.3 is 14.4 Å².